The van der Waals surface area contributed by atoms with Crippen molar-refractivity contribution in [3.05, 3.63) is 35.9 Å². The maximum absolute atomic E-state index is 12.8. The molecule has 1 aliphatic heterocycles. The summed E-state index contributed by atoms with van der Waals surface area (Å²) in [6.07, 6.45) is 0.365. The van der Waals surface area contributed by atoms with Crippen molar-refractivity contribution in [2.45, 2.75) is 38.5 Å². The number of nitrogens with one attached hydrogen (secondary N) is 1. The number of rotatable bonds is 7. The van der Waals surface area contributed by atoms with Crippen LogP contribution in [0.3, 0.4) is 0 Å². The predicted molar refractivity (Wildman–Crippen MR) is 97.6 cm³/mol. The SMILES string of the molecule is [B]=C(O)[C@@H]1CCCN1C(=O)[C@H](COC(C)=O)NC(=O)OCc1ccccc1. The van der Waals surface area contributed by atoms with Crippen LogP contribution < -0.4 is 5.32 Å². The fourth-order valence-electron chi connectivity index (χ4n) is 2.82. The minimum absolute atomic E-state index is 0.0326. The van der Waals surface area contributed by atoms with Gasteiger partial charge in [0.05, 0.1) is 0 Å². The third-order valence-corrected chi connectivity index (χ3v) is 4.13. The average molecular weight is 373 g/mol. The van der Waals surface area contributed by atoms with Crippen LogP contribution in [0.2, 0.25) is 0 Å². The van der Waals surface area contributed by atoms with Crippen molar-refractivity contribution in [3.63, 3.8) is 0 Å². The minimum atomic E-state index is -1.14. The molecule has 1 radical (unpaired) electrons. The molecule has 0 saturated carbocycles. The topological polar surface area (TPSA) is 105 Å². The molecular weight excluding hydrogens is 351 g/mol. The van der Waals surface area contributed by atoms with Gasteiger partial charge in [-0.25, -0.2) is 0 Å². The number of benzene rings is 1. The number of esters is 1. The molecule has 143 valence electrons. The Morgan fingerprint density at radius 3 is 2.63 bits per heavy atom. The second-order valence-corrected chi connectivity index (χ2v) is 6.18. The van der Waals surface area contributed by atoms with E-state index >= 15 is 0 Å². The number of likely N-dealkylation sites (tertiary alicyclic amines) is 1. The van der Waals surface area contributed by atoms with Crippen LogP contribution >= 0.6 is 0 Å². The first-order chi connectivity index (χ1) is 12.9. The van der Waals surface area contributed by atoms with Gasteiger partial charge in [0, 0.05) is 0 Å². The molecule has 1 aromatic rings. The number of carbonyl (C=O) groups is 3. The molecule has 2 amide bonds. The summed E-state index contributed by atoms with van der Waals surface area (Å²) in [5.74, 6) is -1.09. The molecule has 1 saturated heterocycles. The van der Waals surface area contributed by atoms with Gasteiger partial charge in [0.25, 0.3) is 0 Å². The number of ether oxygens (including phenoxy) is 2. The van der Waals surface area contributed by atoms with Gasteiger partial charge < -0.3 is 0 Å². The molecule has 1 aromatic carbocycles. The second kappa shape index (κ2) is 9.75. The summed E-state index contributed by atoms with van der Waals surface area (Å²) < 4.78 is 10.00. The van der Waals surface area contributed by atoms with E-state index in [-0.39, 0.29) is 18.9 Å². The molecule has 1 aliphatic rings. The molecule has 0 bridgehead atoms. The number of hydrogen-bond donors (Lipinski definition) is 2. The van der Waals surface area contributed by atoms with Crippen LogP contribution in [-0.4, -0.2) is 66.3 Å². The second-order valence-electron chi connectivity index (χ2n) is 6.18. The number of nitrogens with zero attached hydrogens (tertiary/aromatic N) is 1. The monoisotopic (exact) mass is 373 g/mol. The molecule has 2 N–H and O–H groups in total. The van der Waals surface area contributed by atoms with Gasteiger partial charge in [0.15, 0.2) is 0 Å². The van der Waals surface area contributed by atoms with Gasteiger partial charge in [0.2, 0.25) is 0 Å². The normalized spacial score (nSPS) is 17.0. The van der Waals surface area contributed by atoms with Crippen molar-refractivity contribution >= 4 is 31.1 Å². The van der Waals surface area contributed by atoms with Crippen molar-refractivity contribution in [3.8, 4) is 0 Å². The third-order valence-electron chi connectivity index (χ3n) is 4.13. The van der Waals surface area contributed by atoms with Gasteiger partial charge in [-0.1, -0.05) is 6.07 Å². The predicted octanol–water partition coefficient (Wildman–Crippen LogP) is 0.506. The number of aliphatic hydroxyl groups excluding tert-OH is 1. The van der Waals surface area contributed by atoms with Crippen LogP contribution in [0.25, 0.3) is 0 Å². The van der Waals surface area contributed by atoms with E-state index in [2.05, 4.69) is 5.32 Å². The van der Waals surface area contributed by atoms with Gasteiger partial charge in [-0.3, -0.25) is 0 Å². The molecule has 1 fully saturated rings. The van der Waals surface area contributed by atoms with E-state index in [1.165, 1.54) is 11.8 Å². The first-order valence-electron chi connectivity index (χ1n) is 8.61. The molecule has 0 unspecified atom stereocenters. The maximum atomic E-state index is 12.8. The van der Waals surface area contributed by atoms with E-state index in [0.29, 0.717) is 19.4 Å². The van der Waals surface area contributed by atoms with Crippen LogP contribution in [0, 0.1) is 0 Å². The zero-order valence-electron chi connectivity index (χ0n) is 15.1. The number of aliphatic hydroxyl groups is 1. The van der Waals surface area contributed by atoms with Crippen molar-refractivity contribution in [2.75, 3.05) is 13.2 Å². The molecule has 0 spiro atoms. The molecule has 9 heteroatoms. The Hall–Kier alpha value is -2.84. The van der Waals surface area contributed by atoms with Crippen molar-refractivity contribution < 1.29 is 29.0 Å². The van der Waals surface area contributed by atoms with E-state index in [9.17, 15) is 19.5 Å². The number of hydrogen-bond acceptors (Lipinski definition) is 6. The summed E-state index contributed by atoms with van der Waals surface area (Å²) in [5.41, 5.74) is 0.427. The van der Waals surface area contributed by atoms with Gasteiger partial charge in [-0.05, 0) is 0 Å². The van der Waals surface area contributed by atoms with E-state index in [4.69, 9.17) is 17.0 Å². The van der Waals surface area contributed by atoms with Crippen molar-refractivity contribution in [1.82, 2.24) is 10.2 Å². The first-order valence-corrected chi connectivity index (χ1v) is 8.61. The summed E-state index contributed by atoms with van der Waals surface area (Å²) in [4.78, 5) is 37.3. The Bertz CT molecular complexity index is 696. The van der Waals surface area contributed by atoms with Crippen LogP contribution in [-0.2, 0) is 25.7 Å². The molecule has 8 nitrogen and oxygen atoms in total. The van der Waals surface area contributed by atoms with Crippen LogP contribution in [0.1, 0.15) is 25.3 Å². The molecule has 1 heterocycles. The van der Waals surface area contributed by atoms with E-state index in [1.807, 2.05) is 18.2 Å². The summed E-state index contributed by atoms with van der Waals surface area (Å²) in [7, 11) is 5.44. The average Bonchev–Trinajstić information content (AvgIpc) is 3.13. The van der Waals surface area contributed by atoms with Crippen molar-refractivity contribution in [1.29, 1.82) is 0 Å². The first kappa shape index (κ1) is 20.5. The van der Waals surface area contributed by atoms with Crippen LogP contribution in [0.5, 0.6) is 0 Å². The fraction of sp³-hybridized carbons (Fsp3) is 0.444. The summed E-state index contributed by atoms with van der Waals surface area (Å²) in [6.45, 7) is 1.27. The van der Waals surface area contributed by atoms with Crippen molar-refractivity contribution in [2.24, 2.45) is 0 Å². The standard InChI is InChI=1S/C18H22BN2O6/c1-12(22)26-11-14(17(24)21-9-5-8-15(21)16(19)23)20-18(25)27-10-13-6-3-2-4-7-13/h2-4,6-7,14-15,23H,5,8-11H2,1H3,(H,20,25)/t14-,15-/m0/s1. The van der Waals surface area contributed by atoms with E-state index < -0.39 is 30.1 Å². The fourth-order valence-corrected chi connectivity index (χ4v) is 2.82. The third kappa shape index (κ3) is 6.12. The Balaban J connectivity index is 1.99. The molecule has 27 heavy (non-hydrogen) atoms. The molecular formula is C18H22BN2O6. The number of alkyl carbamates (subject to hydrolysis) is 1. The molecule has 0 aromatic heterocycles. The van der Waals surface area contributed by atoms with Gasteiger partial charge in [-0.2, -0.15) is 0 Å². The Morgan fingerprint density at radius 2 is 2.00 bits per heavy atom. The van der Waals surface area contributed by atoms with Gasteiger partial charge in [-0.15, -0.1) is 0 Å². The summed E-state index contributed by atoms with van der Waals surface area (Å²) in [6, 6.07) is 7.29. The Labute approximate surface area is 158 Å². The zero-order chi connectivity index (χ0) is 19.8. The number of amides is 2. The van der Waals surface area contributed by atoms with E-state index in [0.717, 1.165) is 5.56 Å². The molecule has 2 atom stereocenters. The van der Waals surface area contributed by atoms with Crippen LogP contribution in [0.4, 0.5) is 4.79 Å². The van der Waals surface area contributed by atoms with Gasteiger partial charge >= 0.3 is 152 Å². The molecule has 2 rings (SSSR count). The summed E-state index contributed by atoms with van der Waals surface area (Å²) in [5, 5.41) is 12.0. The van der Waals surface area contributed by atoms with E-state index in [1.54, 1.807) is 12.1 Å². The zero-order valence-corrected chi connectivity index (χ0v) is 15.1. The molecule has 0 aliphatic carbocycles. The Kier molecular flexibility index (Phi) is 7.39. The number of carbonyl (C=O) groups excluding carboxylic acids is 3. The Morgan fingerprint density at radius 1 is 1.30 bits per heavy atom. The summed E-state index contributed by atoms with van der Waals surface area (Å²) >= 11 is 0. The van der Waals surface area contributed by atoms with Gasteiger partial charge in [0.1, 0.15) is 0 Å². The quantitative estimate of drug-likeness (QED) is 0.533. The van der Waals surface area contributed by atoms with Crippen LogP contribution in [0.15, 0.2) is 30.3 Å².